The van der Waals surface area contributed by atoms with E-state index in [-0.39, 0.29) is 34.4 Å². The Morgan fingerprint density at radius 2 is 1.72 bits per heavy atom. The van der Waals surface area contributed by atoms with E-state index in [1.165, 1.54) is 51.5 Å². The molecule has 2 amide bonds. The average molecular weight is 458 g/mol. The molecule has 0 spiro atoms. The summed E-state index contributed by atoms with van der Waals surface area (Å²) >= 11 is 0.769. The molecule has 0 aromatic heterocycles. The van der Waals surface area contributed by atoms with Crippen molar-refractivity contribution < 1.29 is 33.5 Å². The van der Waals surface area contributed by atoms with E-state index in [9.17, 15) is 24.5 Å². The highest BCUT2D eigenvalue weighted by atomic mass is 32.2. The molecule has 1 fully saturated rings. The predicted molar refractivity (Wildman–Crippen MR) is 115 cm³/mol. The van der Waals surface area contributed by atoms with Crippen LogP contribution in [-0.2, 0) is 16.1 Å². The smallest absolute Gasteiger partial charge is 0.308 e. The van der Waals surface area contributed by atoms with Crippen molar-refractivity contribution in [1.82, 2.24) is 4.90 Å². The van der Waals surface area contributed by atoms with Crippen molar-refractivity contribution in [2.45, 2.75) is 13.5 Å². The summed E-state index contributed by atoms with van der Waals surface area (Å²) in [4.78, 5) is 48.0. The molecule has 32 heavy (non-hydrogen) atoms. The van der Waals surface area contributed by atoms with E-state index in [1.807, 2.05) is 0 Å². The van der Waals surface area contributed by atoms with E-state index in [2.05, 4.69) is 0 Å². The minimum atomic E-state index is -0.554. The molecule has 1 heterocycles. The minimum absolute atomic E-state index is 0.0158. The first kappa shape index (κ1) is 22.8. The highest BCUT2D eigenvalue weighted by Crippen LogP contribution is 2.41. The minimum Gasteiger partial charge on any atom is -0.493 e. The second-order valence-corrected chi connectivity index (χ2v) is 7.53. The van der Waals surface area contributed by atoms with Crippen LogP contribution in [0, 0.1) is 10.1 Å². The Labute approximate surface area is 186 Å². The standard InChI is InChI=1S/C21H18N2O8S/c1-12(24)31-19-16(29-2)8-14(9-17(19)30-3)10-18-20(25)22(21(26)32-18)11-13-4-6-15(7-5-13)23(27)28/h4-10H,11H2,1-3H3/b18-10-. The number of imide groups is 1. The van der Waals surface area contributed by atoms with Gasteiger partial charge in [0.15, 0.2) is 11.5 Å². The third-order valence-electron chi connectivity index (χ3n) is 4.39. The zero-order chi connectivity index (χ0) is 23.4. The molecule has 1 aliphatic rings. The Hall–Kier alpha value is -3.86. The maximum atomic E-state index is 12.8. The molecular weight excluding hydrogens is 440 g/mol. The predicted octanol–water partition coefficient (Wildman–Crippen LogP) is 3.77. The quantitative estimate of drug-likeness (QED) is 0.200. The molecule has 3 rings (SSSR count). The van der Waals surface area contributed by atoms with Gasteiger partial charge in [0.05, 0.1) is 30.6 Å². The zero-order valence-electron chi connectivity index (χ0n) is 17.3. The molecule has 0 unspecified atom stereocenters. The second kappa shape index (κ2) is 9.52. The average Bonchev–Trinajstić information content (AvgIpc) is 3.01. The van der Waals surface area contributed by atoms with Gasteiger partial charge < -0.3 is 14.2 Å². The van der Waals surface area contributed by atoms with Crippen LogP contribution in [0.3, 0.4) is 0 Å². The summed E-state index contributed by atoms with van der Waals surface area (Å²) < 4.78 is 15.7. The van der Waals surface area contributed by atoms with E-state index in [4.69, 9.17) is 14.2 Å². The van der Waals surface area contributed by atoms with E-state index in [1.54, 1.807) is 12.1 Å². The van der Waals surface area contributed by atoms with Crippen LogP contribution in [-0.4, -0.2) is 41.2 Å². The van der Waals surface area contributed by atoms with Crippen molar-refractivity contribution >= 4 is 40.6 Å². The molecule has 11 heteroatoms. The molecule has 10 nitrogen and oxygen atoms in total. The Morgan fingerprint density at radius 3 is 2.22 bits per heavy atom. The summed E-state index contributed by atoms with van der Waals surface area (Å²) in [6, 6.07) is 8.71. The number of ether oxygens (including phenoxy) is 3. The number of benzene rings is 2. The van der Waals surface area contributed by atoms with E-state index in [0.29, 0.717) is 11.1 Å². The topological polar surface area (TPSA) is 125 Å². The van der Waals surface area contributed by atoms with Gasteiger partial charge in [-0.05, 0) is 41.1 Å². The van der Waals surface area contributed by atoms with Crippen LogP contribution < -0.4 is 14.2 Å². The van der Waals surface area contributed by atoms with Gasteiger partial charge in [0.1, 0.15) is 0 Å². The van der Waals surface area contributed by atoms with Gasteiger partial charge in [-0.2, -0.15) is 0 Å². The fourth-order valence-electron chi connectivity index (χ4n) is 2.92. The number of nitro groups is 1. The van der Waals surface area contributed by atoms with Gasteiger partial charge in [-0.15, -0.1) is 0 Å². The second-order valence-electron chi connectivity index (χ2n) is 6.54. The number of thioether (sulfide) groups is 1. The van der Waals surface area contributed by atoms with Gasteiger partial charge in [-0.25, -0.2) is 0 Å². The van der Waals surface area contributed by atoms with Crippen molar-refractivity contribution in [1.29, 1.82) is 0 Å². The highest BCUT2D eigenvalue weighted by molar-refractivity contribution is 8.18. The van der Waals surface area contributed by atoms with Gasteiger partial charge in [0, 0.05) is 19.1 Å². The SMILES string of the molecule is COc1cc(/C=C2\SC(=O)N(Cc3ccc([N+](=O)[O-])cc3)C2=O)cc(OC)c1OC(C)=O. The third kappa shape index (κ3) is 4.89. The van der Waals surface area contributed by atoms with Crippen molar-refractivity contribution in [3.8, 4) is 17.2 Å². The maximum absolute atomic E-state index is 12.8. The first-order valence-corrected chi connectivity index (χ1v) is 9.98. The molecule has 2 aromatic carbocycles. The van der Waals surface area contributed by atoms with Gasteiger partial charge in [-0.3, -0.25) is 29.4 Å². The molecule has 1 aliphatic heterocycles. The summed E-state index contributed by atoms with van der Waals surface area (Å²) in [7, 11) is 2.78. The molecule has 0 N–H and O–H groups in total. The number of esters is 1. The Morgan fingerprint density at radius 1 is 1.12 bits per heavy atom. The lowest BCUT2D eigenvalue weighted by molar-refractivity contribution is -0.384. The number of carbonyl (C=O) groups excluding carboxylic acids is 3. The summed E-state index contributed by atoms with van der Waals surface area (Å²) in [5, 5.41) is 10.3. The molecular formula is C21H18N2O8S. The number of nitro benzene ring substituents is 1. The third-order valence-corrected chi connectivity index (χ3v) is 5.30. The van der Waals surface area contributed by atoms with Crippen molar-refractivity contribution in [3.63, 3.8) is 0 Å². The molecule has 0 saturated carbocycles. The molecule has 0 aliphatic carbocycles. The van der Waals surface area contributed by atoms with E-state index in [0.717, 1.165) is 16.7 Å². The number of hydrogen-bond donors (Lipinski definition) is 0. The lowest BCUT2D eigenvalue weighted by Crippen LogP contribution is -2.27. The number of carbonyl (C=O) groups is 3. The normalized spacial score (nSPS) is 14.6. The van der Waals surface area contributed by atoms with Crippen LogP contribution in [0.1, 0.15) is 18.1 Å². The molecule has 166 valence electrons. The fraction of sp³-hybridized carbons (Fsp3) is 0.190. The number of hydrogen-bond acceptors (Lipinski definition) is 9. The van der Waals surface area contributed by atoms with Crippen LogP contribution in [0.15, 0.2) is 41.3 Å². The number of non-ortho nitro benzene ring substituents is 1. The maximum Gasteiger partial charge on any atom is 0.308 e. The van der Waals surface area contributed by atoms with Crippen LogP contribution in [0.5, 0.6) is 17.2 Å². The first-order chi connectivity index (χ1) is 15.2. The van der Waals surface area contributed by atoms with Crippen molar-refractivity contribution in [2.24, 2.45) is 0 Å². The summed E-state index contributed by atoms with van der Waals surface area (Å²) in [5.74, 6) is -0.514. The Balaban J connectivity index is 1.86. The lowest BCUT2D eigenvalue weighted by atomic mass is 10.1. The molecule has 0 radical (unpaired) electrons. The summed E-state index contributed by atoms with van der Waals surface area (Å²) in [6.45, 7) is 1.23. The van der Waals surface area contributed by atoms with Crippen LogP contribution >= 0.6 is 11.8 Å². The first-order valence-electron chi connectivity index (χ1n) is 9.16. The van der Waals surface area contributed by atoms with Crippen LogP contribution in [0.25, 0.3) is 6.08 Å². The molecule has 1 saturated heterocycles. The summed E-state index contributed by atoms with van der Waals surface area (Å²) in [6.07, 6.45) is 1.50. The largest absolute Gasteiger partial charge is 0.493 e. The highest BCUT2D eigenvalue weighted by Gasteiger charge is 2.35. The number of rotatable bonds is 7. The van der Waals surface area contributed by atoms with Crippen molar-refractivity contribution in [3.05, 3.63) is 62.5 Å². The van der Waals surface area contributed by atoms with Gasteiger partial charge in [0.25, 0.3) is 16.8 Å². The van der Waals surface area contributed by atoms with Crippen molar-refractivity contribution in [2.75, 3.05) is 14.2 Å². The fourth-order valence-corrected chi connectivity index (χ4v) is 3.76. The Kier molecular flexibility index (Phi) is 6.79. The van der Waals surface area contributed by atoms with Crippen LogP contribution in [0.2, 0.25) is 0 Å². The number of amides is 2. The van der Waals surface area contributed by atoms with Gasteiger partial charge >= 0.3 is 5.97 Å². The Bertz CT molecular complexity index is 1100. The number of methoxy groups -OCH3 is 2. The lowest BCUT2D eigenvalue weighted by Gasteiger charge is -2.13. The zero-order valence-corrected chi connectivity index (χ0v) is 18.1. The van der Waals surface area contributed by atoms with Crippen LogP contribution in [0.4, 0.5) is 10.5 Å². The van der Waals surface area contributed by atoms with Gasteiger partial charge in [0.2, 0.25) is 5.75 Å². The summed E-state index contributed by atoms with van der Waals surface area (Å²) in [5.41, 5.74) is 0.992. The molecule has 0 atom stereocenters. The molecule has 2 aromatic rings. The van der Waals surface area contributed by atoms with E-state index >= 15 is 0 Å². The van der Waals surface area contributed by atoms with E-state index < -0.39 is 22.0 Å². The monoisotopic (exact) mass is 458 g/mol. The van der Waals surface area contributed by atoms with Gasteiger partial charge in [-0.1, -0.05) is 12.1 Å². The molecule has 0 bridgehead atoms. The number of nitrogens with zero attached hydrogens (tertiary/aromatic N) is 2.